The maximum Gasteiger partial charge on any atom is 0.260 e. The Hall–Kier alpha value is -2.08. The highest BCUT2D eigenvalue weighted by molar-refractivity contribution is 7.18. The van der Waals surface area contributed by atoms with Crippen LogP contribution in [-0.4, -0.2) is 9.97 Å². The molecule has 4 nitrogen and oxygen atoms in total. The third-order valence-electron chi connectivity index (χ3n) is 4.87. The molecule has 1 aromatic carbocycles. The second-order valence-electron chi connectivity index (χ2n) is 6.60. The molecule has 27 heavy (non-hydrogen) atoms. The molecule has 136 valence electrons. The lowest BCUT2D eigenvalue weighted by molar-refractivity contribution is 0.592. The molecule has 5 rings (SSSR count). The molecule has 0 fully saturated rings. The summed E-state index contributed by atoms with van der Waals surface area (Å²) < 4.78 is 5.93. The molecule has 1 aliphatic rings. The van der Waals surface area contributed by atoms with E-state index in [0.29, 0.717) is 27.4 Å². The number of aromatic nitrogens is 2. The van der Waals surface area contributed by atoms with Gasteiger partial charge in [0, 0.05) is 10.4 Å². The number of aryl methyl sites for hydroxylation is 2. The number of furan rings is 1. The Balaban J connectivity index is 1.59. The standard InChI is InChI=1S/C20H14Cl2N2O2S/c21-12-6-5-10(9-13(12)22)14-7-8-15(26-14)18-23-19(25)17-11-3-1-2-4-16(11)27-20(17)24-18/h5-9H,1-4H2,(H,23,24,25). The number of hydrogen-bond acceptors (Lipinski definition) is 4. The third kappa shape index (κ3) is 2.90. The van der Waals surface area contributed by atoms with Gasteiger partial charge in [0.25, 0.3) is 5.56 Å². The van der Waals surface area contributed by atoms with Gasteiger partial charge in [-0.25, -0.2) is 4.98 Å². The van der Waals surface area contributed by atoms with Crippen molar-refractivity contribution < 1.29 is 4.42 Å². The summed E-state index contributed by atoms with van der Waals surface area (Å²) in [6, 6.07) is 8.94. The number of halogens is 2. The highest BCUT2D eigenvalue weighted by Crippen LogP contribution is 2.35. The van der Waals surface area contributed by atoms with Gasteiger partial charge in [0.2, 0.25) is 0 Å². The van der Waals surface area contributed by atoms with E-state index in [1.165, 1.54) is 16.9 Å². The van der Waals surface area contributed by atoms with Crippen molar-refractivity contribution in [2.24, 2.45) is 0 Å². The highest BCUT2D eigenvalue weighted by Gasteiger charge is 2.21. The molecular formula is C20H14Cl2N2O2S. The van der Waals surface area contributed by atoms with Gasteiger partial charge in [0.15, 0.2) is 11.6 Å². The van der Waals surface area contributed by atoms with Gasteiger partial charge in [-0.2, -0.15) is 0 Å². The van der Waals surface area contributed by atoms with E-state index in [4.69, 9.17) is 27.6 Å². The summed E-state index contributed by atoms with van der Waals surface area (Å²) in [7, 11) is 0. The fraction of sp³-hybridized carbons (Fsp3) is 0.200. The minimum absolute atomic E-state index is 0.0955. The van der Waals surface area contributed by atoms with E-state index in [2.05, 4.69) is 9.97 Å². The van der Waals surface area contributed by atoms with Crippen LogP contribution in [0.4, 0.5) is 0 Å². The average Bonchev–Trinajstić information content (AvgIpc) is 3.28. The Bertz CT molecular complexity index is 1240. The summed E-state index contributed by atoms with van der Waals surface area (Å²) >= 11 is 13.7. The van der Waals surface area contributed by atoms with Crippen LogP contribution in [0.25, 0.3) is 33.1 Å². The second kappa shape index (κ2) is 6.51. The number of hydrogen-bond donors (Lipinski definition) is 1. The first-order valence-electron chi connectivity index (χ1n) is 8.70. The van der Waals surface area contributed by atoms with Gasteiger partial charge < -0.3 is 9.40 Å². The number of thiophene rings is 1. The Kier molecular flexibility index (Phi) is 4.11. The molecule has 0 aliphatic heterocycles. The van der Waals surface area contributed by atoms with E-state index in [1.807, 2.05) is 12.1 Å². The minimum atomic E-state index is -0.0955. The molecule has 0 saturated carbocycles. The predicted octanol–water partition coefficient (Wildman–Crippen LogP) is 6.10. The summed E-state index contributed by atoms with van der Waals surface area (Å²) in [6.45, 7) is 0. The van der Waals surface area contributed by atoms with Gasteiger partial charge in [0.1, 0.15) is 10.6 Å². The number of H-pyrrole nitrogens is 1. The lowest BCUT2D eigenvalue weighted by Gasteiger charge is -2.09. The van der Waals surface area contributed by atoms with Crippen LogP contribution in [0.15, 0.2) is 39.5 Å². The van der Waals surface area contributed by atoms with Crippen LogP contribution in [0.3, 0.4) is 0 Å². The zero-order valence-corrected chi connectivity index (χ0v) is 16.5. The van der Waals surface area contributed by atoms with Gasteiger partial charge in [-0.05, 0) is 61.6 Å². The van der Waals surface area contributed by atoms with Crippen LogP contribution in [0.5, 0.6) is 0 Å². The lowest BCUT2D eigenvalue weighted by Crippen LogP contribution is -2.11. The summed E-state index contributed by atoms with van der Waals surface area (Å²) in [5.74, 6) is 1.59. The maximum atomic E-state index is 12.7. The first kappa shape index (κ1) is 17.0. The molecule has 4 aromatic rings. The molecule has 3 heterocycles. The van der Waals surface area contributed by atoms with Crippen LogP contribution in [0, 0.1) is 0 Å². The Morgan fingerprint density at radius 3 is 2.70 bits per heavy atom. The van der Waals surface area contributed by atoms with Crippen molar-refractivity contribution in [2.45, 2.75) is 25.7 Å². The van der Waals surface area contributed by atoms with Crippen molar-refractivity contribution in [3.8, 4) is 22.9 Å². The van der Waals surface area contributed by atoms with E-state index in [1.54, 1.807) is 29.5 Å². The first-order chi connectivity index (χ1) is 13.1. The molecule has 0 spiro atoms. The van der Waals surface area contributed by atoms with E-state index in [-0.39, 0.29) is 5.56 Å². The van der Waals surface area contributed by atoms with Crippen LogP contribution in [0.2, 0.25) is 10.0 Å². The van der Waals surface area contributed by atoms with Crippen LogP contribution in [-0.2, 0) is 12.8 Å². The molecule has 0 radical (unpaired) electrons. The Morgan fingerprint density at radius 1 is 1.04 bits per heavy atom. The maximum absolute atomic E-state index is 12.7. The fourth-order valence-electron chi connectivity index (χ4n) is 3.55. The number of benzene rings is 1. The van der Waals surface area contributed by atoms with Gasteiger partial charge in [-0.15, -0.1) is 11.3 Å². The van der Waals surface area contributed by atoms with Crippen LogP contribution < -0.4 is 5.56 Å². The van der Waals surface area contributed by atoms with Crippen molar-refractivity contribution in [1.29, 1.82) is 0 Å². The predicted molar refractivity (Wildman–Crippen MR) is 110 cm³/mol. The monoisotopic (exact) mass is 416 g/mol. The lowest BCUT2D eigenvalue weighted by atomic mass is 9.97. The van der Waals surface area contributed by atoms with Crippen LogP contribution in [0.1, 0.15) is 23.3 Å². The van der Waals surface area contributed by atoms with E-state index < -0.39 is 0 Å². The second-order valence-corrected chi connectivity index (χ2v) is 8.50. The van der Waals surface area contributed by atoms with Gasteiger partial charge in [-0.1, -0.05) is 23.2 Å². The Morgan fingerprint density at radius 2 is 1.85 bits per heavy atom. The minimum Gasteiger partial charge on any atom is -0.453 e. The number of aromatic amines is 1. The first-order valence-corrected chi connectivity index (χ1v) is 10.3. The van der Waals surface area contributed by atoms with Crippen molar-refractivity contribution >= 4 is 44.8 Å². The molecule has 7 heteroatoms. The molecule has 1 aliphatic carbocycles. The Labute approximate surface area is 168 Å². The summed E-state index contributed by atoms with van der Waals surface area (Å²) in [6.07, 6.45) is 4.30. The van der Waals surface area contributed by atoms with Crippen molar-refractivity contribution in [3.05, 3.63) is 61.2 Å². The summed E-state index contributed by atoms with van der Waals surface area (Å²) in [5.41, 5.74) is 1.89. The summed E-state index contributed by atoms with van der Waals surface area (Å²) in [5, 5.41) is 1.70. The number of nitrogens with one attached hydrogen (secondary N) is 1. The van der Waals surface area contributed by atoms with Crippen LogP contribution >= 0.6 is 34.5 Å². The van der Waals surface area contributed by atoms with Gasteiger partial charge in [0.05, 0.1) is 15.4 Å². The van der Waals surface area contributed by atoms with Crippen molar-refractivity contribution in [3.63, 3.8) is 0 Å². The fourth-order valence-corrected chi connectivity index (χ4v) is 5.11. The van der Waals surface area contributed by atoms with E-state index in [0.717, 1.165) is 35.0 Å². The molecule has 3 aromatic heterocycles. The average molecular weight is 417 g/mol. The largest absolute Gasteiger partial charge is 0.453 e. The van der Waals surface area contributed by atoms with Gasteiger partial charge >= 0.3 is 0 Å². The van der Waals surface area contributed by atoms with Crippen molar-refractivity contribution in [1.82, 2.24) is 9.97 Å². The van der Waals surface area contributed by atoms with Crippen molar-refractivity contribution in [2.75, 3.05) is 0 Å². The highest BCUT2D eigenvalue weighted by atomic mass is 35.5. The molecule has 1 N–H and O–H groups in total. The molecule has 0 saturated heterocycles. The SMILES string of the molecule is O=c1[nH]c(-c2ccc(-c3ccc(Cl)c(Cl)c3)o2)nc2sc3c(c12)CCCC3. The zero-order valence-electron chi connectivity index (χ0n) is 14.1. The molecule has 0 bridgehead atoms. The van der Waals surface area contributed by atoms with E-state index >= 15 is 0 Å². The smallest absolute Gasteiger partial charge is 0.260 e. The number of fused-ring (bicyclic) bond motifs is 3. The molecule has 0 unspecified atom stereocenters. The number of rotatable bonds is 2. The molecule has 0 atom stereocenters. The molecule has 0 amide bonds. The third-order valence-corrected chi connectivity index (χ3v) is 6.79. The van der Waals surface area contributed by atoms with Gasteiger partial charge in [-0.3, -0.25) is 4.79 Å². The molecular weight excluding hydrogens is 403 g/mol. The topological polar surface area (TPSA) is 58.9 Å². The normalized spacial score (nSPS) is 13.9. The quantitative estimate of drug-likeness (QED) is 0.429. The summed E-state index contributed by atoms with van der Waals surface area (Å²) in [4.78, 5) is 22.3. The number of nitrogens with zero attached hydrogens (tertiary/aromatic N) is 1. The van der Waals surface area contributed by atoms with E-state index in [9.17, 15) is 4.79 Å². The zero-order chi connectivity index (χ0) is 18.5.